The molecule has 2 aliphatic rings. The van der Waals surface area contributed by atoms with Crippen molar-refractivity contribution in [3.8, 4) is 0 Å². The Labute approximate surface area is 152 Å². The number of urea groups is 1. The van der Waals surface area contributed by atoms with Crippen molar-refractivity contribution < 1.29 is 9.18 Å². The van der Waals surface area contributed by atoms with Crippen molar-refractivity contribution in [2.45, 2.75) is 31.7 Å². The molecule has 1 saturated carbocycles. The van der Waals surface area contributed by atoms with Gasteiger partial charge in [0.1, 0.15) is 11.6 Å². The number of amides is 2. The predicted molar refractivity (Wildman–Crippen MR) is 97.8 cm³/mol. The van der Waals surface area contributed by atoms with E-state index in [1.165, 1.54) is 6.07 Å². The Bertz CT molecular complexity index is 793. The number of anilines is 2. The van der Waals surface area contributed by atoms with Crippen molar-refractivity contribution in [2.75, 3.05) is 29.9 Å². The fraction of sp³-hybridized carbons (Fsp3) is 0.421. The molecule has 2 amide bonds. The molecule has 7 heteroatoms. The van der Waals surface area contributed by atoms with Crippen molar-refractivity contribution in [3.63, 3.8) is 0 Å². The van der Waals surface area contributed by atoms with E-state index in [1.807, 2.05) is 17.9 Å². The lowest BCUT2D eigenvalue weighted by Gasteiger charge is -2.41. The van der Waals surface area contributed by atoms with Crippen LogP contribution in [0.3, 0.4) is 0 Å². The van der Waals surface area contributed by atoms with E-state index in [9.17, 15) is 9.18 Å². The van der Waals surface area contributed by atoms with Gasteiger partial charge < -0.3 is 15.1 Å². The number of nitrogens with zero attached hydrogens (tertiary/aromatic N) is 4. The summed E-state index contributed by atoms with van der Waals surface area (Å²) >= 11 is 0. The predicted octanol–water partition coefficient (Wildman–Crippen LogP) is 3.24. The lowest BCUT2D eigenvalue weighted by atomic mass is 10.1. The third kappa shape index (κ3) is 3.47. The molecule has 1 aromatic heterocycles. The number of hydrogen-bond acceptors (Lipinski definition) is 4. The summed E-state index contributed by atoms with van der Waals surface area (Å²) in [5, 5.41) is 2.85. The average molecular weight is 355 g/mol. The summed E-state index contributed by atoms with van der Waals surface area (Å²) in [7, 11) is 0. The summed E-state index contributed by atoms with van der Waals surface area (Å²) in [6, 6.07) is 6.61. The number of benzene rings is 1. The van der Waals surface area contributed by atoms with Crippen LogP contribution >= 0.6 is 0 Å². The number of para-hydroxylation sites is 1. The lowest BCUT2D eigenvalue weighted by molar-refractivity contribution is 0.200. The number of halogens is 1. The number of carbonyl (C=O) groups is 1. The first kappa shape index (κ1) is 16.8. The molecular formula is C19H22FN5O. The zero-order valence-electron chi connectivity index (χ0n) is 14.7. The van der Waals surface area contributed by atoms with Crippen LogP contribution < -0.4 is 10.2 Å². The van der Waals surface area contributed by atoms with Gasteiger partial charge in [-0.15, -0.1) is 0 Å². The molecule has 1 aliphatic heterocycles. The van der Waals surface area contributed by atoms with Gasteiger partial charge in [-0.05, 0) is 31.9 Å². The summed E-state index contributed by atoms with van der Waals surface area (Å²) in [6.45, 7) is 3.65. The van der Waals surface area contributed by atoms with Gasteiger partial charge in [-0.25, -0.2) is 19.2 Å². The normalized spacial score (nSPS) is 20.2. The van der Waals surface area contributed by atoms with E-state index in [-0.39, 0.29) is 17.9 Å². The monoisotopic (exact) mass is 355 g/mol. The van der Waals surface area contributed by atoms with Gasteiger partial charge in [0.05, 0.1) is 23.8 Å². The first-order valence-corrected chi connectivity index (χ1v) is 9.01. The quantitative estimate of drug-likeness (QED) is 0.918. The maximum atomic E-state index is 14.0. The minimum atomic E-state index is -0.231. The van der Waals surface area contributed by atoms with Crippen molar-refractivity contribution in [2.24, 2.45) is 0 Å². The Morgan fingerprint density at radius 2 is 1.92 bits per heavy atom. The molecule has 2 aromatic rings. The molecule has 1 aromatic carbocycles. The number of piperazine rings is 1. The Balaban J connectivity index is 1.37. The molecule has 2 fully saturated rings. The largest absolute Gasteiger partial charge is 0.363 e. The van der Waals surface area contributed by atoms with Crippen LogP contribution in [0.25, 0.3) is 0 Å². The number of aromatic nitrogens is 2. The zero-order chi connectivity index (χ0) is 18.1. The molecule has 0 spiro atoms. The molecule has 1 aliphatic carbocycles. The number of hydrogen-bond donors (Lipinski definition) is 1. The molecule has 26 heavy (non-hydrogen) atoms. The van der Waals surface area contributed by atoms with Gasteiger partial charge in [-0.2, -0.15) is 0 Å². The van der Waals surface area contributed by atoms with Crippen LogP contribution in [0, 0.1) is 5.82 Å². The Hall–Kier alpha value is -2.70. The standard InChI is InChI=1S/C19H22FN5O/c1-13-12-24(8-9-25(13)17-5-3-2-4-16(17)20)19(26)23-15-10-21-18(22-11-15)14-6-7-14/h2-5,10-11,13-14H,6-9,12H2,1H3,(H,23,26)/t13-/m1/s1. The highest BCUT2D eigenvalue weighted by Gasteiger charge is 2.29. The van der Waals surface area contributed by atoms with E-state index in [2.05, 4.69) is 15.3 Å². The first-order valence-electron chi connectivity index (χ1n) is 9.01. The minimum Gasteiger partial charge on any atom is -0.363 e. The van der Waals surface area contributed by atoms with Crippen LogP contribution in [0.5, 0.6) is 0 Å². The van der Waals surface area contributed by atoms with Crippen LogP contribution in [-0.2, 0) is 0 Å². The summed E-state index contributed by atoms with van der Waals surface area (Å²) in [5.74, 6) is 1.12. The van der Waals surface area contributed by atoms with Gasteiger partial charge in [0.25, 0.3) is 0 Å². The minimum absolute atomic E-state index is 0.0277. The van der Waals surface area contributed by atoms with Gasteiger partial charge in [-0.3, -0.25) is 0 Å². The SMILES string of the molecule is C[C@@H]1CN(C(=O)Nc2cnc(C3CC3)nc2)CCN1c1ccccc1F. The highest BCUT2D eigenvalue weighted by molar-refractivity contribution is 5.89. The summed E-state index contributed by atoms with van der Waals surface area (Å²) in [4.78, 5) is 24.9. The number of carbonyl (C=O) groups excluding carboxylic acids is 1. The highest BCUT2D eigenvalue weighted by Crippen LogP contribution is 2.37. The van der Waals surface area contributed by atoms with Gasteiger partial charge in [-0.1, -0.05) is 12.1 Å². The molecule has 0 radical (unpaired) electrons. The molecule has 0 bridgehead atoms. The summed E-state index contributed by atoms with van der Waals surface area (Å²) in [5.41, 5.74) is 1.19. The topological polar surface area (TPSA) is 61.4 Å². The van der Waals surface area contributed by atoms with Gasteiger partial charge in [0.2, 0.25) is 0 Å². The third-order valence-corrected chi connectivity index (χ3v) is 4.94. The molecule has 6 nitrogen and oxygen atoms in total. The highest BCUT2D eigenvalue weighted by atomic mass is 19.1. The molecule has 0 unspecified atom stereocenters. The van der Waals surface area contributed by atoms with E-state index >= 15 is 0 Å². The van der Waals surface area contributed by atoms with E-state index < -0.39 is 0 Å². The van der Waals surface area contributed by atoms with Gasteiger partial charge in [0.15, 0.2) is 0 Å². The van der Waals surface area contributed by atoms with Crippen molar-refractivity contribution in [1.82, 2.24) is 14.9 Å². The van der Waals surface area contributed by atoms with E-state index in [0.717, 1.165) is 18.7 Å². The van der Waals surface area contributed by atoms with E-state index in [0.29, 0.717) is 36.9 Å². The second kappa shape index (κ2) is 6.90. The lowest BCUT2D eigenvalue weighted by Crippen LogP contribution is -2.55. The summed E-state index contributed by atoms with van der Waals surface area (Å²) in [6.07, 6.45) is 5.63. The zero-order valence-corrected chi connectivity index (χ0v) is 14.7. The fourth-order valence-corrected chi connectivity index (χ4v) is 3.34. The third-order valence-electron chi connectivity index (χ3n) is 4.94. The fourth-order valence-electron chi connectivity index (χ4n) is 3.34. The smallest absolute Gasteiger partial charge is 0.322 e. The van der Waals surface area contributed by atoms with Crippen LogP contribution in [-0.4, -0.2) is 46.6 Å². The van der Waals surface area contributed by atoms with Crippen molar-refractivity contribution in [3.05, 3.63) is 48.3 Å². The van der Waals surface area contributed by atoms with E-state index in [4.69, 9.17) is 0 Å². The van der Waals surface area contributed by atoms with Gasteiger partial charge >= 0.3 is 6.03 Å². The van der Waals surface area contributed by atoms with Crippen LogP contribution in [0.1, 0.15) is 31.5 Å². The van der Waals surface area contributed by atoms with Crippen molar-refractivity contribution in [1.29, 1.82) is 0 Å². The Morgan fingerprint density at radius 3 is 2.58 bits per heavy atom. The molecule has 4 rings (SSSR count). The number of nitrogens with one attached hydrogen (secondary N) is 1. The first-order chi connectivity index (χ1) is 12.6. The summed E-state index contributed by atoms with van der Waals surface area (Å²) < 4.78 is 14.0. The molecular weight excluding hydrogens is 333 g/mol. The molecule has 136 valence electrons. The van der Waals surface area contributed by atoms with Crippen LogP contribution in [0.15, 0.2) is 36.7 Å². The van der Waals surface area contributed by atoms with Crippen molar-refractivity contribution >= 4 is 17.4 Å². The maximum Gasteiger partial charge on any atom is 0.322 e. The van der Waals surface area contributed by atoms with Crippen LogP contribution in [0.2, 0.25) is 0 Å². The Kier molecular flexibility index (Phi) is 4.44. The van der Waals surface area contributed by atoms with Gasteiger partial charge in [0, 0.05) is 31.6 Å². The second-order valence-electron chi connectivity index (χ2n) is 6.97. The molecule has 2 heterocycles. The van der Waals surface area contributed by atoms with Crippen LogP contribution in [0.4, 0.5) is 20.6 Å². The average Bonchev–Trinajstić information content (AvgIpc) is 3.48. The number of rotatable bonds is 3. The molecule has 1 saturated heterocycles. The molecule has 1 N–H and O–H groups in total. The maximum absolute atomic E-state index is 14.0. The molecule has 1 atom stereocenters. The Morgan fingerprint density at radius 1 is 1.19 bits per heavy atom. The second-order valence-corrected chi connectivity index (χ2v) is 6.97. The van der Waals surface area contributed by atoms with E-state index in [1.54, 1.807) is 29.4 Å².